The van der Waals surface area contributed by atoms with E-state index in [-0.39, 0.29) is 17.2 Å². The highest BCUT2D eigenvalue weighted by Gasteiger charge is 2.27. The van der Waals surface area contributed by atoms with E-state index in [0.29, 0.717) is 37.4 Å². The van der Waals surface area contributed by atoms with Crippen LogP contribution in [0.3, 0.4) is 0 Å². The highest BCUT2D eigenvalue weighted by atomic mass is 16.7. The van der Waals surface area contributed by atoms with Crippen molar-refractivity contribution in [3.63, 3.8) is 0 Å². The van der Waals surface area contributed by atoms with Crippen molar-refractivity contribution in [1.82, 2.24) is 0 Å². The molecule has 0 saturated heterocycles. The van der Waals surface area contributed by atoms with E-state index in [9.17, 15) is 15.0 Å². The number of unbranched alkanes of at least 4 members (excludes halogenated alkanes) is 12. The number of rotatable bonds is 21. The summed E-state index contributed by atoms with van der Waals surface area (Å²) in [5, 5.41) is 20.2. The number of carboxylic acid groups (broad SMARTS) is 1. The van der Waals surface area contributed by atoms with Gasteiger partial charge in [0.1, 0.15) is 0 Å². The zero-order chi connectivity index (χ0) is 25.9. The lowest BCUT2D eigenvalue weighted by Crippen LogP contribution is -2.11. The lowest BCUT2D eigenvalue weighted by atomic mass is 9.98. The zero-order valence-electron chi connectivity index (χ0n) is 22.8. The molecule has 6 heteroatoms. The highest BCUT2D eigenvalue weighted by molar-refractivity contribution is 5.71. The van der Waals surface area contributed by atoms with Crippen molar-refractivity contribution in [3.8, 4) is 23.0 Å². The molecule has 0 amide bonds. The molecule has 0 aromatic heterocycles. The van der Waals surface area contributed by atoms with Gasteiger partial charge in [-0.15, -0.1) is 0 Å². The first-order chi connectivity index (χ1) is 17.0. The molecule has 1 rings (SSSR count). The molecule has 0 heterocycles. The van der Waals surface area contributed by atoms with Crippen LogP contribution >= 0.6 is 0 Å². The van der Waals surface area contributed by atoms with Crippen molar-refractivity contribution in [1.29, 1.82) is 0 Å². The first kappa shape index (κ1) is 30.9. The van der Waals surface area contributed by atoms with Gasteiger partial charge < -0.3 is 24.4 Å². The van der Waals surface area contributed by atoms with Crippen molar-refractivity contribution in [3.05, 3.63) is 11.1 Å². The van der Waals surface area contributed by atoms with Crippen LogP contribution in [-0.2, 0) is 12.8 Å². The van der Waals surface area contributed by atoms with Crippen molar-refractivity contribution in [2.24, 2.45) is 0 Å². The number of hydrogen-bond acceptors (Lipinski definition) is 5. The summed E-state index contributed by atoms with van der Waals surface area (Å²) < 4.78 is 17.2. The van der Waals surface area contributed by atoms with E-state index >= 15 is 0 Å². The summed E-state index contributed by atoms with van der Waals surface area (Å²) in [6.07, 6.45) is 16.1. The van der Waals surface area contributed by atoms with Gasteiger partial charge in [-0.3, -0.25) is 0 Å². The van der Waals surface area contributed by atoms with Crippen LogP contribution in [0.4, 0.5) is 4.79 Å². The lowest BCUT2D eigenvalue weighted by molar-refractivity contribution is 0.141. The third-order valence-corrected chi connectivity index (χ3v) is 6.43. The number of carbonyl (C=O) groups is 1. The molecule has 0 spiro atoms. The Morgan fingerprint density at radius 2 is 1.00 bits per heavy atom. The lowest BCUT2D eigenvalue weighted by Gasteiger charge is -2.22. The van der Waals surface area contributed by atoms with Gasteiger partial charge in [-0.2, -0.15) is 0 Å². The Balaban J connectivity index is 2.92. The molecule has 2 N–H and O–H groups in total. The Morgan fingerprint density at radius 3 is 1.43 bits per heavy atom. The second-order valence-electron chi connectivity index (χ2n) is 9.31. The Morgan fingerprint density at radius 1 is 0.600 bits per heavy atom. The third-order valence-electron chi connectivity index (χ3n) is 6.43. The second-order valence-corrected chi connectivity index (χ2v) is 9.31. The Hall–Kier alpha value is -2.11. The molecule has 0 bridgehead atoms. The maximum atomic E-state index is 11.3. The minimum Gasteiger partial charge on any atom is -0.502 e. The monoisotopic (exact) mass is 494 g/mol. The average Bonchev–Trinajstić information content (AvgIpc) is 2.84. The highest BCUT2D eigenvalue weighted by Crippen LogP contribution is 2.50. The van der Waals surface area contributed by atoms with Crippen molar-refractivity contribution < 1.29 is 29.2 Å². The largest absolute Gasteiger partial charge is 0.511 e. The van der Waals surface area contributed by atoms with Crippen LogP contribution in [0.5, 0.6) is 23.0 Å². The number of hydrogen-bond donors (Lipinski definition) is 2. The molecule has 35 heavy (non-hydrogen) atoms. The van der Waals surface area contributed by atoms with Crippen LogP contribution in [0, 0.1) is 0 Å². The normalized spacial score (nSPS) is 11.0. The number of phenolic OH excluding ortho intramolecular Hbond substituents is 1. The fourth-order valence-corrected chi connectivity index (χ4v) is 4.46. The molecule has 1 aromatic rings. The molecule has 0 radical (unpaired) electrons. The summed E-state index contributed by atoms with van der Waals surface area (Å²) in [7, 11) is 0. The van der Waals surface area contributed by atoms with Crippen molar-refractivity contribution in [2.75, 3.05) is 13.2 Å². The fourth-order valence-electron chi connectivity index (χ4n) is 4.46. The molecule has 0 unspecified atom stereocenters. The summed E-state index contributed by atoms with van der Waals surface area (Å²) in [6.45, 7) is 9.33. The zero-order valence-corrected chi connectivity index (χ0v) is 22.8. The predicted molar refractivity (Wildman–Crippen MR) is 142 cm³/mol. The van der Waals surface area contributed by atoms with Gasteiger partial charge in [-0.25, -0.2) is 4.79 Å². The van der Waals surface area contributed by atoms with Gasteiger partial charge in [0.25, 0.3) is 0 Å². The van der Waals surface area contributed by atoms with E-state index in [1.165, 1.54) is 64.2 Å². The van der Waals surface area contributed by atoms with Crippen LogP contribution < -0.4 is 14.2 Å². The minimum absolute atomic E-state index is 0.0327. The summed E-state index contributed by atoms with van der Waals surface area (Å²) in [6, 6.07) is 0. The predicted octanol–water partition coefficient (Wildman–Crippen LogP) is 8.83. The van der Waals surface area contributed by atoms with E-state index in [1.807, 2.05) is 13.8 Å². The van der Waals surface area contributed by atoms with Crippen LogP contribution in [0.2, 0.25) is 0 Å². The van der Waals surface area contributed by atoms with E-state index in [0.717, 1.165) is 31.2 Å². The number of phenols is 1. The van der Waals surface area contributed by atoms with Gasteiger partial charge in [0.15, 0.2) is 11.5 Å². The maximum Gasteiger partial charge on any atom is 0.511 e. The molecular formula is C29H50O6. The average molecular weight is 495 g/mol. The molecule has 0 atom stereocenters. The molecule has 1 aromatic carbocycles. The summed E-state index contributed by atoms with van der Waals surface area (Å²) in [5.41, 5.74) is 1.50. The first-order valence-corrected chi connectivity index (χ1v) is 14.1. The van der Waals surface area contributed by atoms with Gasteiger partial charge in [-0.1, -0.05) is 105 Å². The third kappa shape index (κ3) is 11.4. The summed E-state index contributed by atoms with van der Waals surface area (Å²) >= 11 is 0. The molecular weight excluding hydrogens is 444 g/mol. The Kier molecular flexibility index (Phi) is 16.9. The van der Waals surface area contributed by atoms with Gasteiger partial charge in [0.2, 0.25) is 11.5 Å². The van der Waals surface area contributed by atoms with Gasteiger partial charge in [-0.05, 0) is 25.7 Å². The van der Waals surface area contributed by atoms with Crippen LogP contribution in [0.1, 0.15) is 129 Å². The standard InChI is InChI=1S/C29H50O6/c1-5-9-11-13-15-17-19-21-33-27-24(8-4)23(7-3)26(35-29(31)32)25(30)28(27)34-22-20-18-16-14-12-10-6-2/h30H,5-22H2,1-4H3,(H,31,32). The molecule has 0 saturated carbocycles. The number of benzene rings is 1. The smallest absolute Gasteiger partial charge is 0.502 e. The summed E-state index contributed by atoms with van der Waals surface area (Å²) in [5.74, 6) is 0.436. The van der Waals surface area contributed by atoms with Gasteiger partial charge in [0.05, 0.1) is 13.2 Å². The number of ether oxygens (including phenoxy) is 3. The molecule has 0 aliphatic rings. The van der Waals surface area contributed by atoms with Crippen molar-refractivity contribution in [2.45, 2.75) is 130 Å². The molecule has 0 aliphatic carbocycles. The topological polar surface area (TPSA) is 85.2 Å². The quantitative estimate of drug-likeness (QED) is 0.101. The summed E-state index contributed by atoms with van der Waals surface area (Å²) in [4.78, 5) is 11.3. The van der Waals surface area contributed by atoms with E-state index < -0.39 is 6.16 Å². The van der Waals surface area contributed by atoms with E-state index in [1.54, 1.807) is 0 Å². The van der Waals surface area contributed by atoms with Crippen LogP contribution in [0.15, 0.2) is 0 Å². The minimum atomic E-state index is -1.45. The maximum absolute atomic E-state index is 11.3. The Labute approximate surface area is 213 Å². The second kappa shape index (κ2) is 19.1. The SMILES string of the molecule is CCCCCCCCCOc1c(O)c(OC(=O)O)c(CC)c(CC)c1OCCCCCCCCC. The Bertz CT molecular complexity index is 716. The van der Waals surface area contributed by atoms with Crippen LogP contribution in [0.25, 0.3) is 0 Å². The van der Waals surface area contributed by atoms with E-state index in [2.05, 4.69) is 13.8 Å². The van der Waals surface area contributed by atoms with Gasteiger partial charge in [0, 0.05) is 11.1 Å². The van der Waals surface area contributed by atoms with E-state index in [4.69, 9.17) is 14.2 Å². The molecule has 6 nitrogen and oxygen atoms in total. The number of aromatic hydroxyl groups is 1. The van der Waals surface area contributed by atoms with Crippen molar-refractivity contribution >= 4 is 6.16 Å². The fraction of sp³-hybridized carbons (Fsp3) is 0.759. The first-order valence-electron chi connectivity index (χ1n) is 14.1. The molecule has 0 fully saturated rings. The van der Waals surface area contributed by atoms with Crippen LogP contribution in [-0.4, -0.2) is 29.6 Å². The molecule has 0 aliphatic heterocycles. The molecule has 202 valence electrons. The van der Waals surface area contributed by atoms with Gasteiger partial charge >= 0.3 is 6.16 Å².